The summed E-state index contributed by atoms with van der Waals surface area (Å²) in [5.41, 5.74) is 0. The zero-order valence-corrected chi connectivity index (χ0v) is 19.2. The third-order valence-corrected chi connectivity index (χ3v) is 3.67. The van der Waals surface area contributed by atoms with Crippen molar-refractivity contribution in [3.8, 4) is 0 Å². The Balaban J connectivity index is 0.000000524. The number of hydrogen-bond acceptors (Lipinski definition) is 5. The Morgan fingerprint density at radius 1 is 0.968 bits per heavy atom. The molecule has 0 N–H and O–H groups in total. The van der Waals surface area contributed by atoms with E-state index in [4.69, 9.17) is 18.8 Å². The Labute approximate surface area is 196 Å². The first-order valence-corrected chi connectivity index (χ1v) is 8.75. The average Bonchev–Trinajstić information content (AvgIpc) is 3.56. The van der Waals surface area contributed by atoms with Crippen LogP contribution in [-0.2, 0) is 39.8 Å². The van der Waals surface area contributed by atoms with Crippen molar-refractivity contribution >= 4 is 7.12 Å². The van der Waals surface area contributed by atoms with Crippen LogP contribution in [-0.4, -0.2) is 54.7 Å². The fourth-order valence-corrected chi connectivity index (χ4v) is 2.58. The van der Waals surface area contributed by atoms with Crippen LogP contribution in [0, 0.1) is 33.1 Å². The molecule has 0 aromatic carbocycles. The zero-order chi connectivity index (χ0) is 22.4. The summed E-state index contributed by atoms with van der Waals surface area (Å²) in [4.78, 5) is 0. The Morgan fingerprint density at radius 3 is 1.65 bits per heavy atom. The third-order valence-electron chi connectivity index (χ3n) is 3.67. The van der Waals surface area contributed by atoms with Crippen LogP contribution < -0.4 is 0 Å². The van der Waals surface area contributed by atoms with Crippen molar-refractivity contribution in [2.24, 2.45) is 0 Å². The molecule has 0 aliphatic carbocycles. The minimum absolute atomic E-state index is 0. The van der Waals surface area contributed by atoms with Gasteiger partial charge in [0.2, 0.25) is 0 Å². The van der Waals surface area contributed by atoms with E-state index in [0.717, 1.165) is 0 Å². The van der Waals surface area contributed by atoms with E-state index in [-0.39, 0.29) is 34.3 Å². The van der Waals surface area contributed by atoms with Gasteiger partial charge in [-0.25, -0.2) is 15.3 Å². The Hall–Kier alpha value is -2.22. The molecule has 0 bridgehead atoms. The van der Waals surface area contributed by atoms with Crippen molar-refractivity contribution in [2.45, 2.75) is 25.7 Å². The summed E-state index contributed by atoms with van der Waals surface area (Å²) in [6, 6.07) is 5.62. The van der Waals surface area contributed by atoms with Gasteiger partial charge in [-0.15, -0.1) is 0 Å². The van der Waals surface area contributed by atoms with E-state index in [1.165, 1.54) is 0 Å². The normalized spacial score (nSPS) is 15.8. The summed E-state index contributed by atoms with van der Waals surface area (Å²) in [7, 11) is -0.194. The molecule has 0 spiro atoms. The second-order valence-corrected chi connectivity index (χ2v) is 6.10. The second kappa shape index (κ2) is 15.6. The predicted octanol–water partition coefficient (Wildman–Crippen LogP) is 1.51. The molecule has 10 nitrogen and oxygen atoms in total. The summed E-state index contributed by atoms with van der Waals surface area (Å²) in [6.07, 6.45) is 14.6. The molecule has 0 unspecified atom stereocenters. The Bertz CT molecular complexity index is 750. The fraction of sp³-hybridized carbons (Fsp3) is 0.263. The Kier molecular flexibility index (Phi) is 14.5. The zero-order valence-electron chi connectivity index (χ0n) is 17.1. The molecule has 3 aromatic rings. The maximum absolute atomic E-state index is 7.50. The van der Waals surface area contributed by atoms with Gasteiger partial charge in [0.25, 0.3) is 7.12 Å². The van der Waals surface area contributed by atoms with Gasteiger partial charge in [-0.05, 0) is 70.4 Å². The van der Waals surface area contributed by atoms with Crippen LogP contribution in [0.3, 0.4) is 0 Å². The summed E-state index contributed by atoms with van der Waals surface area (Å²) in [5.74, 6) is -0.413. The molecule has 160 valence electrons. The molecule has 4 rings (SSSR count). The molecule has 1 atom stereocenters. The molecule has 4 radical (unpaired) electrons. The van der Waals surface area contributed by atoms with E-state index in [2.05, 4.69) is 35.5 Å². The molecule has 0 amide bonds. The topological polar surface area (TPSA) is 112 Å². The predicted molar refractivity (Wildman–Crippen MR) is 105 cm³/mol. The van der Waals surface area contributed by atoms with Gasteiger partial charge in [-0.1, -0.05) is 0 Å². The van der Waals surface area contributed by atoms with Crippen LogP contribution in [0.5, 0.6) is 0 Å². The van der Waals surface area contributed by atoms with E-state index < -0.39 is 5.79 Å². The minimum atomic E-state index is -0.413. The number of rotatable bonds is 5. The number of ether oxygens (including phenoxy) is 2. The van der Waals surface area contributed by atoms with Crippen LogP contribution in [0.1, 0.15) is 13.8 Å². The summed E-state index contributed by atoms with van der Waals surface area (Å²) in [6.45, 7) is 17.0. The maximum atomic E-state index is 7.50. The molecule has 1 fully saturated rings. The van der Waals surface area contributed by atoms with Gasteiger partial charge in [-0.3, -0.25) is 0 Å². The van der Waals surface area contributed by atoms with E-state index in [0.29, 0.717) is 6.61 Å². The molecule has 12 heteroatoms. The smallest absolute Gasteiger partial charge is 0.425 e. The number of nitrogens with zero attached hydrogens (tertiary/aromatic N) is 6. The molecule has 1 saturated heterocycles. The van der Waals surface area contributed by atoms with E-state index in [1.54, 1.807) is 38.8 Å². The summed E-state index contributed by atoms with van der Waals surface area (Å²) in [5, 5.41) is 12.7. The van der Waals surface area contributed by atoms with Crippen molar-refractivity contribution < 1.29 is 39.8 Å². The van der Waals surface area contributed by atoms with E-state index in [9.17, 15) is 0 Å². The quantitative estimate of drug-likeness (QED) is 0.297. The van der Waals surface area contributed by atoms with Gasteiger partial charge in [0.05, 0.1) is 12.7 Å². The van der Waals surface area contributed by atoms with Crippen molar-refractivity contribution in [1.82, 2.24) is 29.1 Å². The number of aromatic nitrogens is 6. The molecular weight excluding hydrogens is 483 g/mol. The largest absolute Gasteiger partial charge is 2.00 e. The molecule has 1 aliphatic heterocycles. The summed E-state index contributed by atoms with van der Waals surface area (Å²) < 4.78 is 31.1. The molecule has 3 aromatic heterocycles. The van der Waals surface area contributed by atoms with Crippen molar-refractivity contribution in [2.75, 3.05) is 6.61 Å². The van der Waals surface area contributed by atoms with Crippen molar-refractivity contribution in [3.05, 3.63) is 88.4 Å². The van der Waals surface area contributed by atoms with Crippen molar-refractivity contribution in [3.63, 3.8) is 0 Å². The minimum Gasteiger partial charge on any atom is -0.425 e. The second-order valence-electron chi connectivity index (χ2n) is 6.10. The molecule has 0 saturated carbocycles. The molecular formula is C19H22BMoN6O4+. The SMILES string of the molecule is [C-]#[O+].[C-]#[O+].[CH2][CH][CH][C@H]1COC(C)(C)O1.[Mo+2].c1cnn([B-](n2cccn2)n2cccn2)c1. The van der Waals surface area contributed by atoms with Gasteiger partial charge in [0.1, 0.15) is 0 Å². The first-order valence-electron chi connectivity index (χ1n) is 8.75. The van der Waals surface area contributed by atoms with Crippen LogP contribution in [0.15, 0.2) is 55.4 Å². The molecule has 4 heterocycles. The van der Waals surface area contributed by atoms with Gasteiger partial charge in [0, 0.05) is 18.6 Å². The van der Waals surface area contributed by atoms with Gasteiger partial charge in [0.15, 0.2) is 5.79 Å². The first kappa shape index (κ1) is 28.8. The van der Waals surface area contributed by atoms with Gasteiger partial charge < -0.3 is 23.3 Å². The fourth-order valence-electron chi connectivity index (χ4n) is 2.58. The van der Waals surface area contributed by atoms with Gasteiger partial charge >= 0.3 is 43.7 Å². The van der Waals surface area contributed by atoms with Crippen LogP contribution in [0.25, 0.3) is 0 Å². The first-order chi connectivity index (χ1) is 14.6. The molecule has 31 heavy (non-hydrogen) atoms. The molecule has 1 aliphatic rings. The van der Waals surface area contributed by atoms with Gasteiger partial charge in [-0.2, -0.15) is 0 Å². The monoisotopic (exact) mass is 507 g/mol. The third kappa shape index (κ3) is 9.21. The number of hydrogen-bond donors (Lipinski definition) is 0. The van der Waals surface area contributed by atoms with Crippen LogP contribution in [0.4, 0.5) is 0 Å². The van der Waals surface area contributed by atoms with Crippen LogP contribution in [0.2, 0.25) is 0 Å². The maximum Gasteiger partial charge on any atom is 2.00 e. The average molecular weight is 505 g/mol. The Morgan fingerprint density at radius 2 is 1.39 bits per heavy atom. The van der Waals surface area contributed by atoms with Crippen molar-refractivity contribution in [1.29, 1.82) is 0 Å². The van der Waals surface area contributed by atoms with Crippen LogP contribution >= 0.6 is 0 Å². The summed E-state index contributed by atoms with van der Waals surface area (Å²) >= 11 is 0. The van der Waals surface area contributed by atoms with E-state index >= 15 is 0 Å². The standard InChI is InChI=1S/C9H9BN6.C8H13O2.2CO.Mo/c1-4-11-14(7-1)10(15-8-2-5-12-15)16-9-3-6-13-16;1-4-5-7-6-9-8(2,3)10-7;2*1-2;/h1-9H;4-5,7H,1,6H2,2-3H3;;;/q-1;;;;+2/t;7-;;;/m.0.../s1. The van der Waals surface area contributed by atoms with E-state index in [1.807, 2.05) is 57.1 Å².